The number of hydrogen-bond donors (Lipinski definition) is 0. The van der Waals surface area contributed by atoms with Crippen molar-refractivity contribution in [2.75, 3.05) is 0 Å². The van der Waals surface area contributed by atoms with Gasteiger partial charge in [0, 0.05) is 11.6 Å². The molecule has 1 aliphatic heterocycles. The number of rotatable bonds is 1. The lowest BCUT2D eigenvalue weighted by molar-refractivity contribution is -0.659. The number of pyridine rings is 1. The summed E-state index contributed by atoms with van der Waals surface area (Å²) in [5.74, 6) is 1.77. The quantitative estimate of drug-likeness (QED) is 0.386. The lowest BCUT2D eigenvalue weighted by Crippen LogP contribution is -2.32. The molecule has 1 aromatic heterocycles. The Morgan fingerprint density at radius 2 is 1.78 bits per heavy atom. The van der Waals surface area contributed by atoms with E-state index in [1.165, 1.54) is 27.6 Å². The molecule has 27 heavy (non-hydrogen) atoms. The molecule has 0 N–H and O–H groups in total. The van der Waals surface area contributed by atoms with E-state index in [2.05, 4.69) is 74.1 Å². The fraction of sp³-hybridized carbons (Fsp3) is 0.167. The SMILES string of the molecule is Cc1c2c(c(C)c3ccccc13)-c1c3c(cc(CC#N)cc3cc[n+]1C)O2. The van der Waals surface area contributed by atoms with E-state index >= 15 is 0 Å². The fourth-order valence-corrected chi connectivity index (χ4v) is 4.37. The number of aryl methyl sites for hydroxylation is 3. The number of fused-ring (bicyclic) bond motifs is 3. The Kier molecular flexibility index (Phi) is 3.26. The van der Waals surface area contributed by atoms with E-state index in [4.69, 9.17) is 10.00 Å². The van der Waals surface area contributed by atoms with E-state index in [1.54, 1.807) is 0 Å². The van der Waals surface area contributed by atoms with Gasteiger partial charge in [-0.05, 0) is 53.3 Å². The standard InChI is InChI=1S/C24H19N2O/c1-14-18-6-4-5-7-19(18)15(2)24-21(14)23-22-17(9-11-26(23)3)12-16(8-10-25)13-20(22)27-24/h4-7,9,11-13H,8H2,1-3H3/q+1. The number of nitrogens with zero attached hydrogens (tertiary/aromatic N) is 2. The average molecular weight is 351 g/mol. The van der Waals surface area contributed by atoms with Gasteiger partial charge in [0.05, 0.1) is 23.4 Å². The summed E-state index contributed by atoms with van der Waals surface area (Å²) in [5.41, 5.74) is 5.72. The van der Waals surface area contributed by atoms with Crippen molar-refractivity contribution < 1.29 is 9.30 Å². The fourth-order valence-electron chi connectivity index (χ4n) is 4.37. The second-order valence-electron chi connectivity index (χ2n) is 7.27. The first kappa shape index (κ1) is 15.8. The van der Waals surface area contributed by atoms with Gasteiger partial charge >= 0.3 is 0 Å². The number of aromatic nitrogens is 1. The molecule has 0 unspecified atom stereocenters. The van der Waals surface area contributed by atoms with Crippen molar-refractivity contribution >= 4 is 21.5 Å². The van der Waals surface area contributed by atoms with Crippen molar-refractivity contribution in [1.29, 1.82) is 5.26 Å². The summed E-state index contributed by atoms with van der Waals surface area (Å²) in [4.78, 5) is 0. The molecule has 4 aromatic rings. The molecule has 1 aliphatic rings. The third-order valence-electron chi connectivity index (χ3n) is 5.67. The zero-order valence-corrected chi connectivity index (χ0v) is 15.6. The molecule has 0 atom stereocenters. The van der Waals surface area contributed by atoms with E-state index in [1.807, 2.05) is 6.07 Å². The van der Waals surface area contributed by atoms with Crippen molar-refractivity contribution in [3.05, 3.63) is 65.4 Å². The number of ether oxygens (including phenoxy) is 1. The number of nitriles is 1. The summed E-state index contributed by atoms with van der Waals surface area (Å²) in [7, 11) is 2.08. The first-order valence-electron chi connectivity index (χ1n) is 9.12. The van der Waals surface area contributed by atoms with Crippen LogP contribution in [0.2, 0.25) is 0 Å². The van der Waals surface area contributed by atoms with Gasteiger partial charge in [-0.25, -0.2) is 4.57 Å². The molecule has 3 nitrogen and oxygen atoms in total. The first-order valence-corrected chi connectivity index (χ1v) is 9.12. The topological polar surface area (TPSA) is 36.9 Å². The molecule has 3 aromatic carbocycles. The molecule has 0 aliphatic carbocycles. The Balaban J connectivity index is 1.97. The highest BCUT2D eigenvalue weighted by Crippen LogP contribution is 2.50. The monoisotopic (exact) mass is 351 g/mol. The molecule has 0 fully saturated rings. The van der Waals surface area contributed by atoms with E-state index in [0.29, 0.717) is 6.42 Å². The van der Waals surface area contributed by atoms with Crippen molar-refractivity contribution in [3.63, 3.8) is 0 Å². The average Bonchev–Trinajstić information content (AvgIpc) is 2.68. The Morgan fingerprint density at radius 1 is 1.04 bits per heavy atom. The molecule has 0 saturated carbocycles. The van der Waals surface area contributed by atoms with Crippen LogP contribution in [0.3, 0.4) is 0 Å². The Labute approximate surface area is 158 Å². The Bertz CT molecular complexity index is 1310. The second kappa shape index (κ2) is 5.56. The van der Waals surface area contributed by atoms with Gasteiger partial charge in [0.2, 0.25) is 5.69 Å². The Morgan fingerprint density at radius 3 is 2.52 bits per heavy atom. The first-order chi connectivity index (χ1) is 13.1. The van der Waals surface area contributed by atoms with Crippen LogP contribution in [0.5, 0.6) is 11.5 Å². The summed E-state index contributed by atoms with van der Waals surface area (Å²) >= 11 is 0. The normalized spacial score (nSPS) is 11.9. The predicted octanol–water partition coefficient (Wildman–Crippen LogP) is 5.27. The van der Waals surface area contributed by atoms with Crippen LogP contribution in [0.4, 0.5) is 0 Å². The second-order valence-corrected chi connectivity index (χ2v) is 7.27. The maximum absolute atomic E-state index is 9.13. The van der Waals surface area contributed by atoms with Gasteiger partial charge in [-0.15, -0.1) is 0 Å². The largest absolute Gasteiger partial charge is 0.455 e. The minimum Gasteiger partial charge on any atom is -0.455 e. The van der Waals surface area contributed by atoms with Gasteiger partial charge in [-0.2, -0.15) is 5.26 Å². The number of hydrogen-bond acceptors (Lipinski definition) is 2. The van der Waals surface area contributed by atoms with E-state index in [0.717, 1.165) is 33.4 Å². The van der Waals surface area contributed by atoms with Gasteiger partial charge in [0.1, 0.15) is 18.5 Å². The molecule has 0 saturated heterocycles. The maximum Gasteiger partial charge on any atom is 0.228 e. The predicted molar refractivity (Wildman–Crippen MR) is 107 cm³/mol. The molecule has 2 heterocycles. The van der Waals surface area contributed by atoms with Crippen LogP contribution in [0.1, 0.15) is 16.7 Å². The van der Waals surface area contributed by atoms with Crippen LogP contribution in [0, 0.1) is 25.2 Å². The molecular formula is C24H19N2O+. The highest BCUT2D eigenvalue weighted by Gasteiger charge is 2.31. The van der Waals surface area contributed by atoms with Crippen LogP contribution in [0.15, 0.2) is 48.7 Å². The van der Waals surface area contributed by atoms with Crippen molar-refractivity contribution in [3.8, 4) is 28.8 Å². The van der Waals surface area contributed by atoms with Crippen LogP contribution in [-0.4, -0.2) is 0 Å². The summed E-state index contributed by atoms with van der Waals surface area (Å²) in [6.45, 7) is 4.31. The van der Waals surface area contributed by atoms with Crippen LogP contribution < -0.4 is 9.30 Å². The molecule has 130 valence electrons. The van der Waals surface area contributed by atoms with Crippen molar-refractivity contribution in [1.82, 2.24) is 0 Å². The summed E-state index contributed by atoms with van der Waals surface area (Å²) in [6.07, 6.45) is 2.47. The van der Waals surface area contributed by atoms with Gasteiger partial charge in [-0.3, -0.25) is 0 Å². The van der Waals surface area contributed by atoms with E-state index < -0.39 is 0 Å². The summed E-state index contributed by atoms with van der Waals surface area (Å²) < 4.78 is 8.67. The molecule has 0 bridgehead atoms. The van der Waals surface area contributed by atoms with Crippen LogP contribution in [0.25, 0.3) is 32.8 Å². The Hall–Kier alpha value is -3.38. The molecule has 3 heteroatoms. The van der Waals surface area contributed by atoms with Gasteiger partial charge in [0.25, 0.3) is 0 Å². The minimum atomic E-state index is 0.380. The van der Waals surface area contributed by atoms with Gasteiger partial charge in [-0.1, -0.05) is 24.3 Å². The van der Waals surface area contributed by atoms with Crippen molar-refractivity contribution in [2.24, 2.45) is 7.05 Å². The van der Waals surface area contributed by atoms with Crippen LogP contribution in [-0.2, 0) is 13.5 Å². The van der Waals surface area contributed by atoms with Gasteiger partial charge < -0.3 is 4.74 Å². The molecule has 0 radical (unpaired) electrons. The zero-order chi connectivity index (χ0) is 18.7. The zero-order valence-electron chi connectivity index (χ0n) is 15.6. The number of benzene rings is 3. The van der Waals surface area contributed by atoms with Gasteiger partial charge in [0.15, 0.2) is 6.20 Å². The molecular weight excluding hydrogens is 332 g/mol. The summed E-state index contributed by atoms with van der Waals surface area (Å²) in [5, 5.41) is 13.8. The third kappa shape index (κ3) is 2.10. The molecule has 5 rings (SSSR count). The van der Waals surface area contributed by atoms with E-state index in [-0.39, 0.29) is 0 Å². The van der Waals surface area contributed by atoms with Crippen molar-refractivity contribution in [2.45, 2.75) is 20.3 Å². The molecule has 0 spiro atoms. The summed E-state index contributed by atoms with van der Waals surface area (Å²) in [6, 6.07) is 17.0. The lowest BCUT2D eigenvalue weighted by Gasteiger charge is -2.24. The third-order valence-corrected chi connectivity index (χ3v) is 5.67. The minimum absolute atomic E-state index is 0.380. The van der Waals surface area contributed by atoms with E-state index in [9.17, 15) is 0 Å². The highest BCUT2D eigenvalue weighted by molar-refractivity contribution is 6.06. The maximum atomic E-state index is 9.13. The van der Waals surface area contributed by atoms with Crippen LogP contribution >= 0.6 is 0 Å². The smallest absolute Gasteiger partial charge is 0.228 e. The highest BCUT2D eigenvalue weighted by atomic mass is 16.5. The lowest BCUT2D eigenvalue weighted by atomic mass is 9.89. The molecule has 0 amide bonds.